The first kappa shape index (κ1) is 25.0. The van der Waals surface area contributed by atoms with Gasteiger partial charge in [0, 0.05) is 0 Å². The average molecular weight is 148 g/mol. The molecule has 0 fully saturated rings. The molecule has 0 aromatic rings. The largest absolute Gasteiger partial charge is 0.394 e. The van der Waals surface area contributed by atoms with Crippen LogP contribution in [0, 0.1) is 0 Å². The molecule has 0 amide bonds. The first-order valence-electron chi connectivity index (χ1n) is 0.698. The van der Waals surface area contributed by atoms with Crippen molar-refractivity contribution in [1.29, 1.82) is 0 Å². The molecule has 6 nitrogen and oxygen atoms in total. The lowest BCUT2D eigenvalue weighted by molar-refractivity contribution is 0.381. The molecule has 56 valence electrons. The number of rotatable bonds is 0. The lowest BCUT2D eigenvalue weighted by Crippen LogP contribution is -1.89. The molecule has 0 aliphatic heterocycles. The summed E-state index contributed by atoms with van der Waals surface area (Å²) in [5.41, 5.74) is 0. The first-order valence-corrected chi connectivity index (χ1v) is 2.10. The Morgan fingerprint density at radius 1 is 1.00 bits per heavy atom. The Bertz CT molecular complexity index is 97.2. The zero-order valence-corrected chi connectivity index (χ0v) is 4.35. The van der Waals surface area contributed by atoms with E-state index in [-0.39, 0.29) is 19.7 Å². The van der Waals surface area contributed by atoms with Gasteiger partial charge in [0.1, 0.15) is 0 Å². The average Bonchev–Trinajstić information content (AvgIpc) is 0.722. The van der Waals surface area contributed by atoms with E-state index in [9.17, 15) is 0 Å². The molecule has 0 atom stereocenters. The van der Waals surface area contributed by atoms with Crippen LogP contribution in [0.3, 0.4) is 0 Å². The third kappa shape index (κ3) is 3010. The van der Waals surface area contributed by atoms with Crippen molar-refractivity contribution in [3.63, 3.8) is 0 Å². The van der Waals surface area contributed by atoms with Crippen molar-refractivity contribution in [3.05, 3.63) is 0 Å². The van der Waals surface area contributed by atoms with Gasteiger partial charge < -0.3 is 12.3 Å². The molecule has 0 unspecified atom stereocenters. The van der Waals surface area contributed by atoms with Crippen molar-refractivity contribution >= 4 is 10.4 Å². The Hall–Kier alpha value is -0.210. The van der Waals surface area contributed by atoms with Gasteiger partial charge in [-0.2, -0.15) is 8.42 Å². The van der Waals surface area contributed by atoms with Crippen molar-refractivity contribution in [2.45, 2.75) is 7.43 Å². The Kier molecular flexibility index (Phi) is 21.2. The molecule has 0 aromatic carbocycles. The highest BCUT2D eigenvalue weighted by Gasteiger charge is 1.84. The van der Waals surface area contributed by atoms with Gasteiger partial charge in [0.05, 0.1) is 0 Å². The molecule has 0 saturated carbocycles. The summed E-state index contributed by atoms with van der Waals surface area (Å²) >= 11 is 0. The molecule has 0 rings (SSSR count). The van der Waals surface area contributed by atoms with Crippen LogP contribution >= 0.6 is 0 Å². The van der Waals surface area contributed by atoms with E-state index < -0.39 is 10.4 Å². The van der Waals surface area contributed by atoms with Gasteiger partial charge >= 0.3 is 10.4 Å². The van der Waals surface area contributed by atoms with E-state index in [1.807, 2.05) is 0 Å². The molecule has 0 saturated heterocycles. The summed E-state index contributed by atoms with van der Waals surface area (Å²) in [4.78, 5) is 0. The fourth-order valence-corrected chi connectivity index (χ4v) is 0. The maximum Gasteiger partial charge on any atom is 0.394 e. The molecule has 0 aromatic heterocycles. The van der Waals surface area contributed by atoms with Gasteiger partial charge in [0.2, 0.25) is 0 Å². The first-order chi connectivity index (χ1) is 2.00. The molecule has 0 bridgehead atoms. The summed E-state index contributed by atoms with van der Waals surface area (Å²) in [6.45, 7) is 0. The monoisotopic (exact) mass is 148 g/mol. The lowest BCUT2D eigenvalue weighted by atomic mass is 12.0. The normalized spacial score (nSPS) is 7.25. The van der Waals surface area contributed by atoms with Crippen LogP contribution in [0.25, 0.3) is 0 Å². The number of hydrogen-bond donors (Lipinski definition) is 4. The van der Waals surface area contributed by atoms with Crippen molar-refractivity contribution in [2.75, 3.05) is 0 Å². The van der Waals surface area contributed by atoms with Gasteiger partial charge in [-0.15, -0.1) is 0 Å². The summed E-state index contributed by atoms with van der Waals surface area (Å²) in [6, 6.07) is 0. The zero-order valence-electron chi connectivity index (χ0n) is 3.53. The highest BCUT2D eigenvalue weighted by Crippen LogP contribution is 1.59. The fraction of sp³-hybridized carbons (Fsp3) is 1.00. The molecule has 8 N–H and O–H groups in total. The van der Waals surface area contributed by atoms with E-state index in [1.165, 1.54) is 0 Å². The van der Waals surface area contributed by atoms with E-state index in [4.69, 9.17) is 17.5 Å². The molecule has 0 heterocycles. The highest BCUT2D eigenvalue weighted by atomic mass is 32.3. The smallest absolute Gasteiger partial charge is 0.344 e. The van der Waals surface area contributed by atoms with E-state index >= 15 is 0 Å². The van der Waals surface area contributed by atoms with Crippen LogP contribution in [0.4, 0.5) is 0 Å². The second-order valence-corrected chi connectivity index (χ2v) is 1.34. The summed E-state index contributed by atoms with van der Waals surface area (Å²) in [5.74, 6) is 0. The third-order valence-electron chi connectivity index (χ3n) is 0. The maximum atomic E-state index is 8.74. The Morgan fingerprint density at radius 3 is 1.00 bits per heavy atom. The lowest BCUT2D eigenvalue weighted by Gasteiger charge is -1.68. The van der Waals surface area contributed by atoms with Crippen LogP contribution in [0.1, 0.15) is 7.43 Å². The quantitative estimate of drug-likeness (QED) is 0.363. The topological polar surface area (TPSA) is 145 Å². The zero-order chi connectivity index (χ0) is 4.50. The predicted octanol–water partition coefficient (Wildman–Crippen LogP) is 0.307. The van der Waals surface area contributed by atoms with E-state index in [0.717, 1.165) is 0 Å². The van der Waals surface area contributed by atoms with Gasteiger partial charge in [0.15, 0.2) is 0 Å². The van der Waals surface area contributed by atoms with E-state index in [0.29, 0.717) is 0 Å². The molecule has 0 spiro atoms. The fourth-order valence-electron chi connectivity index (χ4n) is 0. The Morgan fingerprint density at radius 2 is 1.00 bits per heavy atom. The summed E-state index contributed by atoms with van der Waals surface area (Å²) in [6.07, 6.45) is 0. The predicted molar refractivity (Wildman–Crippen MR) is 31.0 cm³/mol. The Balaban J connectivity index is -0.0000000267. The molecule has 7 heteroatoms. The minimum absolute atomic E-state index is 0. The second kappa shape index (κ2) is 6.79. The standard InChI is InChI=1S/CH4.2H3N.H2O4S/c;;;1-5(2,3)4/h1H4;2*1H3;(H2,1,2,3,4). The van der Waals surface area contributed by atoms with E-state index in [1.54, 1.807) is 0 Å². The van der Waals surface area contributed by atoms with Gasteiger partial charge in [-0.3, -0.25) is 9.11 Å². The van der Waals surface area contributed by atoms with Crippen molar-refractivity contribution in [1.82, 2.24) is 12.3 Å². The molecular weight excluding hydrogens is 136 g/mol. The minimum atomic E-state index is -4.67. The van der Waals surface area contributed by atoms with Crippen LogP contribution in [0.5, 0.6) is 0 Å². The second-order valence-electron chi connectivity index (χ2n) is 0.448. The maximum absolute atomic E-state index is 8.74. The molecule has 0 aliphatic carbocycles. The molecular formula is CH12N2O4S. The summed E-state index contributed by atoms with van der Waals surface area (Å²) in [7, 11) is -4.67. The van der Waals surface area contributed by atoms with Crippen molar-refractivity contribution in [2.24, 2.45) is 0 Å². The van der Waals surface area contributed by atoms with Gasteiger partial charge in [-0.1, -0.05) is 7.43 Å². The Labute approximate surface area is 48.6 Å². The SMILES string of the molecule is C.N.N.O=S(=O)(O)O. The van der Waals surface area contributed by atoms with Crippen molar-refractivity contribution in [3.8, 4) is 0 Å². The van der Waals surface area contributed by atoms with Crippen molar-refractivity contribution < 1.29 is 17.5 Å². The van der Waals surface area contributed by atoms with E-state index in [2.05, 4.69) is 0 Å². The summed E-state index contributed by atoms with van der Waals surface area (Å²) < 4.78 is 31.6. The molecule has 0 radical (unpaired) electrons. The highest BCUT2D eigenvalue weighted by molar-refractivity contribution is 7.79. The van der Waals surface area contributed by atoms with Crippen LogP contribution in [0.2, 0.25) is 0 Å². The summed E-state index contributed by atoms with van der Waals surface area (Å²) in [5, 5.41) is 0. The number of hydrogen-bond acceptors (Lipinski definition) is 4. The molecule has 8 heavy (non-hydrogen) atoms. The van der Waals surface area contributed by atoms with Crippen LogP contribution in [-0.2, 0) is 10.4 Å². The van der Waals surface area contributed by atoms with Crippen LogP contribution < -0.4 is 12.3 Å². The van der Waals surface area contributed by atoms with Crippen LogP contribution in [0.15, 0.2) is 0 Å². The van der Waals surface area contributed by atoms with Crippen LogP contribution in [-0.4, -0.2) is 17.5 Å². The third-order valence-corrected chi connectivity index (χ3v) is 0. The minimum Gasteiger partial charge on any atom is -0.344 e. The van der Waals surface area contributed by atoms with Gasteiger partial charge in [0.25, 0.3) is 0 Å². The van der Waals surface area contributed by atoms with Gasteiger partial charge in [-0.25, -0.2) is 0 Å². The molecule has 0 aliphatic rings. The van der Waals surface area contributed by atoms with Gasteiger partial charge in [-0.05, 0) is 0 Å².